The maximum Gasteiger partial charge on any atom is 0.165 e. The fraction of sp³-hybridized carbons (Fsp3) is 0.333. The smallest absolute Gasteiger partial charge is 0.165 e. The van der Waals surface area contributed by atoms with Crippen LogP contribution >= 0.6 is 0 Å². The zero-order chi connectivity index (χ0) is 20.6. The van der Waals surface area contributed by atoms with Gasteiger partial charge in [0.25, 0.3) is 0 Å². The monoisotopic (exact) mass is 390 g/mol. The molecule has 2 heteroatoms. The second-order valence-corrected chi connectivity index (χ2v) is 7.87. The van der Waals surface area contributed by atoms with Gasteiger partial charge in [-0.05, 0) is 61.1 Å². The van der Waals surface area contributed by atoms with Crippen molar-refractivity contribution >= 4 is 0 Å². The van der Waals surface area contributed by atoms with E-state index in [2.05, 4.69) is 50.2 Å². The third-order valence-electron chi connectivity index (χ3n) is 5.33. The first-order chi connectivity index (χ1) is 14.1. The molecule has 0 aliphatic rings. The molecule has 1 nitrogen and oxygen atoms in total. The van der Waals surface area contributed by atoms with Crippen molar-refractivity contribution in [2.75, 3.05) is 0 Å². The van der Waals surface area contributed by atoms with Crippen LogP contribution in [0.3, 0.4) is 0 Å². The normalized spacial score (nSPS) is 12.0. The predicted molar refractivity (Wildman–Crippen MR) is 121 cm³/mol. The topological polar surface area (TPSA) is 9.23 Å². The minimum atomic E-state index is -0.300. The Morgan fingerprint density at radius 3 is 1.90 bits per heavy atom. The lowest BCUT2D eigenvalue weighted by atomic mass is 9.99. The lowest BCUT2D eigenvalue weighted by Crippen LogP contribution is -2.12. The van der Waals surface area contributed by atoms with Crippen LogP contribution in [0.5, 0.6) is 5.75 Å². The Hall–Kier alpha value is -2.61. The Balaban J connectivity index is 1.65. The van der Waals surface area contributed by atoms with E-state index < -0.39 is 0 Å². The van der Waals surface area contributed by atoms with Crippen molar-refractivity contribution in [2.24, 2.45) is 0 Å². The summed E-state index contributed by atoms with van der Waals surface area (Å²) in [6, 6.07) is 22.0. The molecule has 0 aliphatic heterocycles. The molecule has 0 saturated carbocycles. The molecule has 0 bridgehead atoms. The van der Waals surface area contributed by atoms with E-state index >= 15 is 0 Å². The van der Waals surface area contributed by atoms with Gasteiger partial charge in [0.2, 0.25) is 0 Å². The molecule has 29 heavy (non-hydrogen) atoms. The number of ether oxygens (including phenoxy) is 1. The Bertz CT molecular complexity index is 897. The molecule has 3 aromatic carbocycles. The van der Waals surface area contributed by atoms with Gasteiger partial charge in [-0.1, -0.05) is 86.3 Å². The molecule has 3 rings (SSSR count). The van der Waals surface area contributed by atoms with E-state index in [1.807, 2.05) is 25.1 Å². The van der Waals surface area contributed by atoms with E-state index in [1.54, 1.807) is 12.1 Å². The molecule has 0 aromatic heterocycles. The number of aryl methyl sites for hydroxylation is 1. The third-order valence-corrected chi connectivity index (χ3v) is 5.33. The summed E-state index contributed by atoms with van der Waals surface area (Å²) in [4.78, 5) is 0. The van der Waals surface area contributed by atoms with Gasteiger partial charge >= 0.3 is 0 Å². The minimum absolute atomic E-state index is 0.0287. The Morgan fingerprint density at radius 2 is 1.31 bits per heavy atom. The molecular weight excluding hydrogens is 359 g/mol. The zero-order valence-electron chi connectivity index (χ0n) is 17.7. The average Bonchev–Trinajstić information content (AvgIpc) is 2.73. The van der Waals surface area contributed by atoms with Crippen LogP contribution in [0.2, 0.25) is 0 Å². The summed E-state index contributed by atoms with van der Waals surface area (Å²) < 4.78 is 20.4. The van der Waals surface area contributed by atoms with E-state index in [-0.39, 0.29) is 11.9 Å². The van der Waals surface area contributed by atoms with Crippen molar-refractivity contribution in [2.45, 2.75) is 59.0 Å². The van der Waals surface area contributed by atoms with Crippen LogP contribution in [-0.2, 0) is 0 Å². The summed E-state index contributed by atoms with van der Waals surface area (Å²) >= 11 is 0. The van der Waals surface area contributed by atoms with Gasteiger partial charge in [-0.25, -0.2) is 4.39 Å². The van der Waals surface area contributed by atoms with Crippen LogP contribution in [-0.4, -0.2) is 6.10 Å². The SMILES string of the molecule is CCCCCCC(C)Oc1ccc(-c2ccc(-c3ccc(C)cc3)cc2)cc1F. The molecule has 0 aliphatic carbocycles. The van der Waals surface area contributed by atoms with Crippen LogP contribution in [0, 0.1) is 12.7 Å². The average molecular weight is 391 g/mol. The van der Waals surface area contributed by atoms with Crippen LogP contribution in [0.4, 0.5) is 4.39 Å². The van der Waals surface area contributed by atoms with Crippen molar-refractivity contribution in [1.82, 2.24) is 0 Å². The Morgan fingerprint density at radius 1 is 0.759 bits per heavy atom. The van der Waals surface area contributed by atoms with Gasteiger partial charge in [-0.2, -0.15) is 0 Å². The quantitative estimate of drug-likeness (QED) is 0.334. The Kier molecular flexibility index (Phi) is 7.46. The highest BCUT2D eigenvalue weighted by Crippen LogP contribution is 2.29. The number of halogens is 1. The molecular formula is C27H31FO. The molecule has 0 radical (unpaired) electrons. The largest absolute Gasteiger partial charge is 0.488 e. The summed E-state index contributed by atoms with van der Waals surface area (Å²) in [7, 11) is 0. The van der Waals surface area contributed by atoms with Crippen LogP contribution in [0.25, 0.3) is 22.3 Å². The lowest BCUT2D eigenvalue weighted by Gasteiger charge is -2.16. The summed E-state index contributed by atoms with van der Waals surface area (Å²) in [6.45, 7) is 6.30. The second kappa shape index (κ2) is 10.2. The van der Waals surface area contributed by atoms with Crippen LogP contribution < -0.4 is 4.74 Å². The van der Waals surface area contributed by atoms with Gasteiger partial charge in [0.1, 0.15) is 0 Å². The van der Waals surface area contributed by atoms with Crippen molar-refractivity contribution in [1.29, 1.82) is 0 Å². The van der Waals surface area contributed by atoms with Crippen LogP contribution in [0.15, 0.2) is 66.7 Å². The molecule has 0 heterocycles. The first kappa shape index (κ1) is 21.1. The molecule has 0 N–H and O–H groups in total. The lowest BCUT2D eigenvalue weighted by molar-refractivity contribution is 0.197. The summed E-state index contributed by atoms with van der Waals surface area (Å²) in [5.41, 5.74) is 5.45. The summed E-state index contributed by atoms with van der Waals surface area (Å²) in [5, 5.41) is 0. The van der Waals surface area contributed by atoms with E-state index in [0.717, 1.165) is 29.5 Å². The van der Waals surface area contributed by atoms with Crippen molar-refractivity contribution in [3.05, 3.63) is 78.1 Å². The number of rotatable bonds is 9. The highest BCUT2D eigenvalue weighted by Gasteiger charge is 2.10. The van der Waals surface area contributed by atoms with Gasteiger partial charge in [0.15, 0.2) is 11.6 Å². The molecule has 0 amide bonds. The van der Waals surface area contributed by atoms with Gasteiger partial charge in [0, 0.05) is 0 Å². The first-order valence-corrected chi connectivity index (χ1v) is 10.7. The predicted octanol–water partition coefficient (Wildman–Crippen LogP) is 8.21. The maximum absolute atomic E-state index is 14.6. The van der Waals surface area contributed by atoms with Gasteiger partial charge in [-0.3, -0.25) is 0 Å². The molecule has 1 atom stereocenters. The van der Waals surface area contributed by atoms with Crippen molar-refractivity contribution in [3.8, 4) is 28.0 Å². The third kappa shape index (κ3) is 5.93. The fourth-order valence-corrected chi connectivity index (χ4v) is 3.51. The fourth-order valence-electron chi connectivity index (χ4n) is 3.51. The van der Waals surface area contributed by atoms with Gasteiger partial charge in [0.05, 0.1) is 6.10 Å². The molecule has 152 valence electrons. The van der Waals surface area contributed by atoms with Crippen molar-refractivity contribution < 1.29 is 9.13 Å². The molecule has 1 unspecified atom stereocenters. The van der Waals surface area contributed by atoms with E-state index in [9.17, 15) is 4.39 Å². The number of benzene rings is 3. The zero-order valence-corrected chi connectivity index (χ0v) is 17.7. The summed E-state index contributed by atoms with van der Waals surface area (Å²) in [5.74, 6) is 0.0403. The van der Waals surface area contributed by atoms with Crippen LogP contribution in [0.1, 0.15) is 51.5 Å². The molecule has 0 spiro atoms. The molecule has 3 aromatic rings. The van der Waals surface area contributed by atoms with Gasteiger partial charge in [-0.15, -0.1) is 0 Å². The second-order valence-electron chi connectivity index (χ2n) is 7.87. The number of hydrogen-bond donors (Lipinski definition) is 0. The van der Waals surface area contributed by atoms with E-state index in [0.29, 0.717) is 5.75 Å². The minimum Gasteiger partial charge on any atom is -0.488 e. The Labute approximate surface area is 174 Å². The van der Waals surface area contributed by atoms with E-state index in [1.165, 1.54) is 30.4 Å². The number of hydrogen-bond acceptors (Lipinski definition) is 1. The van der Waals surface area contributed by atoms with Crippen molar-refractivity contribution in [3.63, 3.8) is 0 Å². The van der Waals surface area contributed by atoms with Gasteiger partial charge < -0.3 is 4.74 Å². The standard InChI is InChI=1S/C27H31FO/c1-4-5-6-7-8-21(3)29-27-18-17-25(19-26(27)28)24-15-13-23(14-16-24)22-11-9-20(2)10-12-22/h9-19,21H,4-8H2,1-3H3. The highest BCUT2D eigenvalue weighted by molar-refractivity contribution is 5.70. The molecule has 0 saturated heterocycles. The summed E-state index contributed by atoms with van der Waals surface area (Å²) in [6.07, 6.45) is 5.80. The van der Waals surface area contributed by atoms with E-state index in [4.69, 9.17) is 4.74 Å². The molecule has 0 fully saturated rings. The first-order valence-electron chi connectivity index (χ1n) is 10.7. The number of unbranched alkanes of at least 4 members (excludes halogenated alkanes) is 3. The highest BCUT2D eigenvalue weighted by atomic mass is 19.1. The maximum atomic E-state index is 14.6.